The molecule has 3 fully saturated rings. The number of ether oxygens (including phenoxy) is 4. The first-order valence-electron chi connectivity index (χ1n) is 11.9. The molecule has 2 aliphatic heterocycles. The lowest BCUT2D eigenvalue weighted by Gasteiger charge is -2.23. The van der Waals surface area contributed by atoms with Crippen molar-refractivity contribution in [2.75, 3.05) is 13.2 Å². The fourth-order valence-corrected chi connectivity index (χ4v) is 4.54. The smallest absolute Gasteiger partial charge is 0.355 e. The second-order valence-corrected chi connectivity index (χ2v) is 10.1. The van der Waals surface area contributed by atoms with E-state index < -0.39 is 29.4 Å². The summed E-state index contributed by atoms with van der Waals surface area (Å²) in [6.45, 7) is 10.3. The number of hydrogen-bond donors (Lipinski definition) is 0. The van der Waals surface area contributed by atoms with Gasteiger partial charge in [-0.1, -0.05) is 33.4 Å². The fourth-order valence-electron chi connectivity index (χ4n) is 4.54. The zero-order valence-corrected chi connectivity index (χ0v) is 20.2. The molecule has 4 aliphatic rings. The minimum Gasteiger partial charge on any atom is -0.460 e. The van der Waals surface area contributed by atoms with Crippen molar-refractivity contribution in [3.8, 4) is 0 Å². The van der Waals surface area contributed by atoms with Gasteiger partial charge in [0, 0.05) is 18.3 Å². The Hall–Kier alpha value is -2.74. The van der Waals surface area contributed by atoms with Crippen molar-refractivity contribution < 1.29 is 38.1 Å². The van der Waals surface area contributed by atoms with Crippen molar-refractivity contribution in [2.24, 2.45) is 17.3 Å². The summed E-state index contributed by atoms with van der Waals surface area (Å²) >= 11 is 0. The number of carbonyl (C=O) groups excluding carboxylic acids is 4. The predicted octanol–water partition coefficient (Wildman–Crippen LogP) is 3.60. The van der Waals surface area contributed by atoms with Gasteiger partial charge < -0.3 is 18.9 Å². The fraction of sp³-hybridized carbons (Fsp3) is 0.615. The topological polar surface area (TPSA) is 105 Å². The van der Waals surface area contributed by atoms with Crippen LogP contribution in [0.2, 0.25) is 0 Å². The van der Waals surface area contributed by atoms with E-state index in [1.54, 1.807) is 0 Å². The van der Waals surface area contributed by atoms with Gasteiger partial charge in [0.15, 0.2) is 0 Å². The Balaban J connectivity index is 0.000000248. The molecule has 0 spiro atoms. The summed E-state index contributed by atoms with van der Waals surface area (Å²) in [5, 5.41) is 0. The monoisotopic (exact) mass is 474 g/mol. The van der Waals surface area contributed by atoms with E-state index in [0.29, 0.717) is 24.0 Å². The van der Waals surface area contributed by atoms with Gasteiger partial charge in [0.2, 0.25) is 6.10 Å². The molecule has 186 valence electrons. The number of allylic oxidation sites excluding steroid dienone is 3. The van der Waals surface area contributed by atoms with Crippen molar-refractivity contribution in [3.05, 3.63) is 36.0 Å². The van der Waals surface area contributed by atoms with Crippen molar-refractivity contribution in [1.29, 1.82) is 0 Å². The van der Waals surface area contributed by atoms with E-state index >= 15 is 0 Å². The first-order chi connectivity index (χ1) is 16.1. The summed E-state index contributed by atoms with van der Waals surface area (Å²) in [6, 6.07) is 0. The number of rotatable bonds is 6. The highest BCUT2D eigenvalue weighted by Crippen LogP contribution is 2.45. The van der Waals surface area contributed by atoms with Gasteiger partial charge in [-0.3, -0.25) is 4.79 Å². The molecule has 34 heavy (non-hydrogen) atoms. The predicted molar refractivity (Wildman–Crippen MR) is 122 cm³/mol. The SMILES string of the molecule is C=CC(=O)OCC1CCCO1.CC(C)(C)C(=CC1=CC2CCC1C2)C(=O)OC1CC(=O)OC1=O. The minimum atomic E-state index is -1.12. The maximum atomic E-state index is 12.6. The molecule has 2 saturated heterocycles. The van der Waals surface area contributed by atoms with Gasteiger partial charge in [0.1, 0.15) is 6.61 Å². The van der Waals surface area contributed by atoms with Crippen LogP contribution in [0.15, 0.2) is 36.0 Å². The molecular weight excluding hydrogens is 440 g/mol. The second-order valence-electron chi connectivity index (χ2n) is 10.1. The van der Waals surface area contributed by atoms with Gasteiger partial charge in [0.05, 0.1) is 12.5 Å². The lowest BCUT2D eigenvalue weighted by atomic mass is 9.83. The number of cyclic esters (lactones) is 2. The molecule has 4 rings (SSSR count). The Kier molecular flexibility index (Phi) is 8.47. The quantitative estimate of drug-likeness (QED) is 0.249. The Morgan fingerprint density at radius 2 is 1.97 bits per heavy atom. The Labute approximate surface area is 200 Å². The van der Waals surface area contributed by atoms with Crippen molar-refractivity contribution in [3.63, 3.8) is 0 Å². The van der Waals surface area contributed by atoms with Crippen LogP contribution < -0.4 is 0 Å². The molecule has 8 nitrogen and oxygen atoms in total. The van der Waals surface area contributed by atoms with Crippen LogP contribution in [0.3, 0.4) is 0 Å². The lowest BCUT2D eigenvalue weighted by Crippen LogP contribution is -2.28. The van der Waals surface area contributed by atoms with E-state index in [4.69, 9.17) is 14.2 Å². The van der Waals surface area contributed by atoms with E-state index in [1.165, 1.54) is 24.8 Å². The van der Waals surface area contributed by atoms with E-state index in [0.717, 1.165) is 25.5 Å². The average molecular weight is 475 g/mol. The molecule has 8 heteroatoms. The normalized spacial score (nSPS) is 28.1. The average Bonchev–Trinajstić information content (AvgIpc) is 3.56. The highest BCUT2D eigenvalue weighted by Gasteiger charge is 2.39. The highest BCUT2D eigenvalue weighted by molar-refractivity contribution is 5.99. The number of esters is 4. The molecule has 0 N–H and O–H groups in total. The third-order valence-electron chi connectivity index (χ3n) is 6.39. The summed E-state index contributed by atoms with van der Waals surface area (Å²) in [5.41, 5.74) is 1.32. The van der Waals surface area contributed by atoms with Crippen molar-refractivity contribution in [1.82, 2.24) is 0 Å². The molecule has 4 unspecified atom stereocenters. The van der Waals surface area contributed by atoms with E-state index in [1.807, 2.05) is 26.8 Å². The first-order valence-corrected chi connectivity index (χ1v) is 11.9. The van der Waals surface area contributed by atoms with Gasteiger partial charge in [-0.25, -0.2) is 14.4 Å². The summed E-state index contributed by atoms with van der Waals surface area (Å²) in [5.74, 6) is -1.19. The maximum Gasteiger partial charge on any atom is 0.355 e. The Morgan fingerprint density at radius 1 is 1.21 bits per heavy atom. The van der Waals surface area contributed by atoms with E-state index in [2.05, 4.69) is 17.4 Å². The van der Waals surface area contributed by atoms with Crippen LogP contribution in [0.5, 0.6) is 0 Å². The molecule has 2 bridgehead atoms. The molecule has 0 aromatic carbocycles. The summed E-state index contributed by atoms with van der Waals surface area (Å²) in [4.78, 5) is 45.7. The summed E-state index contributed by atoms with van der Waals surface area (Å²) < 4.78 is 19.7. The third kappa shape index (κ3) is 6.88. The first kappa shape index (κ1) is 25.9. The van der Waals surface area contributed by atoms with Crippen LogP contribution >= 0.6 is 0 Å². The van der Waals surface area contributed by atoms with Gasteiger partial charge in [-0.15, -0.1) is 0 Å². The molecule has 0 aromatic heterocycles. The highest BCUT2D eigenvalue weighted by atomic mass is 16.6. The van der Waals surface area contributed by atoms with Crippen LogP contribution in [0.25, 0.3) is 0 Å². The van der Waals surface area contributed by atoms with Crippen molar-refractivity contribution >= 4 is 23.9 Å². The molecule has 2 heterocycles. The molecule has 1 saturated carbocycles. The number of carbonyl (C=O) groups is 4. The van der Waals surface area contributed by atoms with Gasteiger partial charge in [0.25, 0.3) is 0 Å². The van der Waals surface area contributed by atoms with Gasteiger partial charge in [-0.05, 0) is 61.0 Å². The lowest BCUT2D eigenvalue weighted by molar-refractivity contribution is -0.161. The standard InChI is InChI=1S/C18H22O5.C8H12O3/c1-18(2,3)13(8-12-7-10-4-5-11(12)6-10)16(20)22-14-9-15(19)23-17(14)21;1-2-8(9)11-6-7-4-3-5-10-7/h7-8,10-11,14H,4-6,9H2,1-3H3;2,7H,1,3-6H2. The van der Waals surface area contributed by atoms with Gasteiger partial charge in [-0.2, -0.15) is 0 Å². The van der Waals surface area contributed by atoms with Crippen molar-refractivity contribution in [2.45, 2.75) is 71.5 Å². The Bertz CT molecular complexity index is 885. The van der Waals surface area contributed by atoms with Crippen LogP contribution in [0.1, 0.15) is 59.3 Å². The summed E-state index contributed by atoms with van der Waals surface area (Å²) in [6.07, 6.45) is 9.76. The van der Waals surface area contributed by atoms with Crippen LogP contribution in [-0.4, -0.2) is 49.3 Å². The Morgan fingerprint density at radius 3 is 2.47 bits per heavy atom. The maximum absolute atomic E-state index is 12.6. The molecular formula is C26H34O8. The molecule has 0 aromatic rings. The summed E-state index contributed by atoms with van der Waals surface area (Å²) in [7, 11) is 0. The molecule has 2 aliphatic carbocycles. The largest absolute Gasteiger partial charge is 0.460 e. The van der Waals surface area contributed by atoms with Crippen LogP contribution in [0.4, 0.5) is 0 Å². The van der Waals surface area contributed by atoms with E-state index in [9.17, 15) is 19.2 Å². The zero-order chi connectivity index (χ0) is 24.9. The number of hydrogen-bond acceptors (Lipinski definition) is 8. The number of fused-ring (bicyclic) bond motifs is 2. The second kappa shape index (κ2) is 11.1. The molecule has 0 amide bonds. The van der Waals surface area contributed by atoms with Gasteiger partial charge >= 0.3 is 23.9 Å². The third-order valence-corrected chi connectivity index (χ3v) is 6.39. The van der Waals surface area contributed by atoms with Crippen LogP contribution in [-0.2, 0) is 38.1 Å². The molecule has 0 radical (unpaired) electrons. The van der Waals surface area contributed by atoms with Crippen LogP contribution in [0, 0.1) is 17.3 Å². The van der Waals surface area contributed by atoms with E-state index in [-0.39, 0.29) is 18.5 Å². The zero-order valence-electron chi connectivity index (χ0n) is 20.2. The minimum absolute atomic E-state index is 0.110. The molecule has 4 atom stereocenters.